The molecule has 180 valence electrons. The minimum absolute atomic E-state index is 0.0810. The van der Waals surface area contributed by atoms with Gasteiger partial charge in [-0.25, -0.2) is 8.42 Å². The average Bonchev–Trinajstić information content (AvgIpc) is 3.15. The van der Waals surface area contributed by atoms with Crippen molar-refractivity contribution in [3.63, 3.8) is 0 Å². The first-order valence-corrected chi connectivity index (χ1v) is 12.6. The van der Waals surface area contributed by atoms with Crippen LogP contribution in [0.2, 0.25) is 0 Å². The number of esters is 1. The lowest BCUT2D eigenvalue weighted by atomic mass is 10.1. The second kappa shape index (κ2) is 11.0. The second-order valence-corrected chi connectivity index (χ2v) is 9.61. The number of amidine groups is 1. The highest BCUT2D eigenvalue weighted by atomic mass is 32.2. The number of ether oxygens (including phenoxy) is 1. The molecule has 9 heteroatoms. The number of hydrogen-bond acceptors (Lipinski definition) is 6. The van der Waals surface area contributed by atoms with E-state index in [0.717, 1.165) is 11.1 Å². The number of rotatable bonds is 9. The van der Waals surface area contributed by atoms with Gasteiger partial charge in [-0.2, -0.15) is 0 Å². The van der Waals surface area contributed by atoms with E-state index in [1.807, 2.05) is 60.7 Å². The van der Waals surface area contributed by atoms with E-state index in [1.54, 1.807) is 23.1 Å². The van der Waals surface area contributed by atoms with Gasteiger partial charge in [-0.3, -0.25) is 19.3 Å². The molecule has 8 nitrogen and oxygen atoms in total. The van der Waals surface area contributed by atoms with Crippen LogP contribution < -0.4 is 4.72 Å². The smallest absolute Gasteiger partial charge is 0.328 e. The Kier molecular flexibility index (Phi) is 7.57. The van der Waals surface area contributed by atoms with Crippen LogP contribution in [0.4, 0.5) is 0 Å². The normalized spacial score (nSPS) is 14.7. The van der Waals surface area contributed by atoms with Crippen LogP contribution in [-0.2, 0) is 37.3 Å². The Balaban J connectivity index is 1.36. The summed E-state index contributed by atoms with van der Waals surface area (Å²) in [5.41, 5.74) is 2.47. The highest BCUT2D eigenvalue weighted by Crippen LogP contribution is 2.22. The van der Waals surface area contributed by atoms with Crippen molar-refractivity contribution >= 4 is 27.7 Å². The number of benzene rings is 3. The van der Waals surface area contributed by atoms with E-state index >= 15 is 0 Å². The van der Waals surface area contributed by atoms with Gasteiger partial charge in [0.2, 0.25) is 0 Å². The van der Waals surface area contributed by atoms with Crippen LogP contribution in [-0.4, -0.2) is 50.7 Å². The fourth-order valence-electron chi connectivity index (χ4n) is 3.68. The average molecular weight is 492 g/mol. The van der Waals surface area contributed by atoms with Crippen molar-refractivity contribution in [3.05, 3.63) is 102 Å². The molecule has 1 aliphatic rings. The molecule has 0 saturated heterocycles. The predicted octanol–water partition coefficient (Wildman–Crippen LogP) is 2.54. The molecule has 0 unspecified atom stereocenters. The highest BCUT2D eigenvalue weighted by molar-refractivity contribution is 7.90. The maximum absolute atomic E-state index is 12.9. The van der Waals surface area contributed by atoms with Gasteiger partial charge < -0.3 is 9.64 Å². The Labute approximate surface area is 204 Å². The van der Waals surface area contributed by atoms with Crippen LogP contribution in [0.1, 0.15) is 16.7 Å². The van der Waals surface area contributed by atoms with Gasteiger partial charge in [0.25, 0.3) is 15.9 Å². The van der Waals surface area contributed by atoms with Crippen LogP contribution in [0.25, 0.3) is 0 Å². The molecule has 0 atom stereocenters. The number of carbonyl (C=O) groups is 2. The number of fused-ring (bicyclic) bond motifs is 1. The summed E-state index contributed by atoms with van der Waals surface area (Å²) in [5, 5.41) is 0. The molecule has 4 rings (SSSR count). The summed E-state index contributed by atoms with van der Waals surface area (Å²) in [7, 11) is -3.69. The van der Waals surface area contributed by atoms with Crippen LogP contribution >= 0.6 is 0 Å². The molecule has 1 heterocycles. The van der Waals surface area contributed by atoms with Crippen LogP contribution in [0.5, 0.6) is 0 Å². The Morgan fingerprint density at radius 2 is 1.49 bits per heavy atom. The summed E-state index contributed by atoms with van der Waals surface area (Å²) in [5.74, 6) is -0.965. The Hall–Kier alpha value is -3.98. The van der Waals surface area contributed by atoms with E-state index in [-0.39, 0.29) is 16.6 Å². The van der Waals surface area contributed by atoms with Crippen molar-refractivity contribution in [1.29, 1.82) is 0 Å². The molecule has 1 amide bonds. The fourth-order valence-corrected chi connectivity index (χ4v) is 4.93. The number of nitrogens with zero attached hydrogens (tertiary/aromatic N) is 2. The van der Waals surface area contributed by atoms with Gasteiger partial charge in [-0.05, 0) is 29.7 Å². The topological polar surface area (TPSA) is 105 Å². The minimum atomic E-state index is -3.69. The molecule has 0 aliphatic carbocycles. The van der Waals surface area contributed by atoms with E-state index in [2.05, 4.69) is 9.71 Å². The zero-order valence-corrected chi connectivity index (χ0v) is 19.8. The van der Waals surface area contributed by atoms with Gasteiger partial charge in [-0.15, -0.1) is 0 Å². The molecule has 0 spiro atoms. The first-order valence-electron chi connectivity index (χ1n) is 11.1. The van der Waals surface area contributed by atoms with E-state index in [0.29, 0.717) is 25.1 Å². The number of sulfonamides is 1. The number of nitrogens with one attached hydrogen (secondary N) is 1. The Morgan fingerprint density at radius 1 is 0.857 bits per heavy atom. The van der Waals surface area contributed by atoms with Crippen molar-refractivity contribution < 1.29 is 22.7 Å². The first kappa shape index (κ1) is 24.2. The molecule has 0 radical (unpaired) electrons. The van der Waals surface area contributed by atoms with Gasteiger partial charge in [-0.1, -0.05) is 72.8 Å². The predicted molar refractivity (Wildman–Crippen MR) is 131 cm³/mol. The maximum atomic E-state index is 12.9. The monoisotopic (exact) mass is 491 g/mol. The molecule has 1 aliphatic heterocycles. The number of amides is 1. The zero-order valence-electron chi connectivity index (χ0n) is 19.0. The SMILES string of the molecule is O=C(CN=C1NS(=O)(=O)c2ccccc21)OCC(=O)N(CCc1ccccc1)Cc1ccccc1. The number of aliphatic imine (C=N–C) groups is 1. The van der Waals surface area contributed by atoms with Crippen LogP contribution in [0.15, 0.2) is 94.8 Å². The summed E-state index contributed by atoms with van der Waals surface area (Å²) >= 11 is 0. The van der Waals surface area contributed by atoms with Crippen LogP contribution in [0.3, 0.4) is 0 Å². The van der Waals surface area contributed by atoms with E-state index in [9.17, 15) is 18.0 Å². The van der Waals surface area contributed by atoms with Gasteiger partial charge >= 0.3 is 5.97 Å². The lowest BCUT2D eigenvalue weighted by molar-refractivity contribution is -0.151. The van der Waals surface area contributed by atoms with E-state index < -0.39 is 29.1 Å². The molecule has 0 bridgehead atoms. The molecule has 1 N–H and O–H groups in total. The third-order valence-corrected chi connectivity index (χ3v) is 6.86. The molecular formula is C26H25N3O5S. The molecular weight excluding hydrogens is 466 g/mol. The number of carbonyl (C=O) groups excluding carboxylic acids is 2. The Morgan fingerprint density at radius 3 is 2.20 bits per heavy atom. The van der Waals surface area contributed by atoms with Gasteiger partial charge in [0.1, 0.15) is 12.4 Å². The van der Waals surface area contributed by atoms with Crippen molar-refractivity contribution in [2.75, 3.05) is 19.7 Å². The largest absolute Gasteiger partial charge is 0.454 e. The van der Waals surface area contributed by atoms with E-state index in [4.69, 9.17) is 4.74 Å². The summed E-state index contributed by atoms with van der Waals surface area (Å²) in [6, 6.07) is 25.8. The summed E-state index contributed by atoms with van der Waals surface area (Å²) in [6.07, 6.45) is 0.667. The summed E-state index contributed by atoms with van der Waals surface area (Å²) < 4.78 is 31.8. The quantitative estimate of drug-likeness (QED) is 0.463. The second-order valence-electron chi connectivity index (χ2n) is 7.96. The molecule has 0 fully saturated rings. The van der Waals surface area contributed by atoms with Gasteiger partial charge in [0.15, 0.2) is 6.61 Å². The molecule has 35 heavy (non-hydrogen) atoms. The van der Waals surface area contributed by atoms with Crippen LogP contribution in [0, 0.1) is 0 Å². The van der Waals surface area contributed by atoms with Crippen molar-refractivity contribution in [3.8, 4) is 0 Å². The lowest BCUT2D eigenvalue weighted by Crippen LogP contribution is -2.36. The molecule has 0 aromatic heterocycles. The summed E-state index contributed by atoms with van der Waals surface area (Å²) in [6.45, 7) is 0.0247. The maximum Gasteiger partial charge on any atom is 0.328 e. The lowest BCUT2D eigenvalue weighted by Gasteiger charge is -2.23. The summed E-state index contributed by atoms with van der Waals surface area (Å²) in [4.78, 5) is 31.0. The van der Waals surface area contributed by atoms with Gasteiger partial charge in [0.05, 0.1) is 4.90 Å². The molecule has 3 aromatic rings. The fraction of sp³-hybridized carbons (Fsp3) is 0.192. The standard InChI is InChI=1S/C26H25N3O5S/c30-24(29(18-21-11-5-2-6-12-21)16-15-20-9-3-1-4-10-20)19-34-25(31)17-27-26-22-13-7-8-14-23(22)35(32,33)28-26/h1-14H,15-19H2,(H,27,28). The third-order valence-electron chi connectivity index (χ3n) is 5.47. The third kappa shape index (κ3) is 6.33. The van der Waals surface area contributed by atoms with Crippen molar-refractivity contribution in [2.45, 2.75) is 17.9 Å². The van der Waals surface area contributed by atoms with Crippen molar-refractivity contribution in [2.24, 2.45) is 4.99 Å². The van der Waals surface area contributed by atoms with Gasteiger partial charge in [0, 0.05) is 18.7 Å². The van der Waals surface area contributed by atoms with Crippen molar-refractivity contribution in [1.82, 2.24) is 9.62 Å². The highest BCUT2D eigenvalue weighted by Gasteiger charge is 2.30. The first-order chi connectivity index (χ1) is 16.9. The molecule has 3 aromatic carbocycles. The molecule has 0 saturated carbocycles. The number of hydrogen-bond donors (Lipinski definition) is 1. The zero-order chi connectivity index (χ0) is 24.7. The van der Waals surface area contributed by atoms with E-state index in [1.165, 1.54) is 6.07 Å². The Bertz CT molecular complexity index is 1330. The minimum Gasteiger partial charge on any atom is -0.454 e.